The normalized spacial score (nSPS) is 10.2. The van der Waals surface area contributed by atoms with Gasteiger partial charge >= 0.3 is 5.97 Å². The van der Waals surface area contributed by atoms with Gasteiger partial charge in [0.1, 0.15) is 0 Å². The van der Waals surface area contributed by atoms with Crippen LogP contribution in [0.5, 0.6) is 0 Å². The van der Waals surface area contributed by atoms with Gasteiger partial charge in [-0.3, -0.25) is 4.79 Å². The third-order valence-corrected chi connectivity index (χ3v) is 2.77. The fraction of sp³-hybridized carbons (Fsp3) is 0.286. The molecule has 4 nitrogen and oxygen atoms in total. The number of carboxylic acid groups (broad SMARTS) is 1. The largest absolute Gasteiger partial charge is 0.481 e. The van der Waals surface area contributed by atoms with Gasteiger partial charge in [-0.15, -0.1) is 12.6 Å². The number of hydrogen-bond acceptors (Lipinski definition) is 4. The summed E-state index contributed by atoms with van der Waals surface area (Å²) < 4.78 is 0.550. The van der Waals surface area contributed by atoms with E-state index in [1.807, 2.05) is 12.1 Å². The summed E-state index contributed by atoms with van der Waals surface area (Å²) in [5.74, 6) is -0.974. The van der Waals surface area contributed by atoms with Crippen molar-refractivity contribution in [3.63, 3.8) is 0 Å². The molecule has 0 aromatic heterocycles. The van der Waals surface area contributed by atoms with Gasteiger partial charge < -0.3 is 5.11 Å². The van der Waals surface area contributed by atoms with Crippen molar-refractivity contribution in [1.82, 2.24) is 0 Å². The zero-order valence-corrected chi connectivity index (χ0v) is 12.6. The van der Waals surface area contributed by atoms with Crippen LogP contribution in [-0.4, -0.2) is 15.3 Å². The molecule has 0 heterocycles. The van der Waals surface area contributed by atoms with Crippen molar-refractivity contribution in [2.75, 3.05) is 0 Å². The van der Waals surface area contributed by atoms with Crippen LogP contribution in [0.1, 0.15) is 30.9 Å². The molecule has 0 aliphatic carbocycles. The molecule has 6 heteroatoms. The Morgan fingerprint density at radius 2 is 1.95 bits per heavy atom. The van der Waals surface area contributed by atoms with Crippen LogP contribution in [0.3, 0.4) is 0 Å². The van der Waals surface area contributed by atoms with Crippen LogP contribution in [-0.2, 0) is 4.79 Å². The third kappa shape index (κ3) is 8.25. The number of benzene rings is 1. The molecule has 1 aromatic rings. The Balaban J connectivity index is 0.000000370. The number of carbonyl (C=O) groups is 1. The number of hydrogen-bond donors (Lipinski definition) is 2. The first kappa shape index (κ1) is 18.1. The number of thiocarbonyl (C=S) groups is 1. The molecule has 20 heavy (non-hydrogen) atoms. The SMILES string of the molecule is CC(C#N)CCC(=O)O.N#Cc1ccc(C(=S)S)cc1. The minimum absolute atomic E-state index is 0.0920. The summed E-state index contributed by atoms with van der Waals surface area (Å²) in [6.45, 7) is 1.71. The van der Waals surface area contributed by atoms with Crippen LogP contribution in [0.4, 0.5) is 0 Å². The van der Waals surface area contributed by atoms with Crippen molar-refractivity contribution in [2.24, 2.45) is 5.92 Å². The lowest BCUT2D eigenvalue weighted by Gasteiger charge is -1.95. The zero-order chi connectivity index (χ0) is 15.5. The number of carboxylic acids is 1. The van der Waals surface area contributed by atoms with E-state index in [2.05, 4.69) is 12.6 Å². The van der Waals surface area contributed by atoms with E-state index < -0.39 is 5.97 Å². The molecule has 0 aliphatic rings. The van der Waals surface area contributed by atoms with Gasteiger partial charge in [-0.05, 0) is 31.0 Å². The maximum Gasteiger partial charge on any atom is 0.303 e. The van der Waals surface area contributed by atoms with Gasteiger partial charge in [0.2, 0.25) is 0 Å². The summed E-state index contributed by atoms with van der Waals surface area (Å²) in [7, 11) is 0. The summed E-state index contributed by atoms with van der Waals surface area (Å²) in [6, 6.07) is 11.0. The van der Waals surface area contributed by atoms with Gasteiger partial charge in [-0.25, -0.2) is 0 Å². The second kappa shape index (κ2) is 9.96. The summed E-state index contributed by atoms with van der Waals surface area (Å²) in [4.78, 5) is 9.91. The lowest BCUT2D eigenvalue weighted by Crippen LogP contribution is -1.98. The average molecular weight is 306 g/mol. The zero-order valence-electron chi connectivity index (χ0n) is 10.9. The monoisotopic (exact) mass is 306 g/mol. The van der Waals surface area contributed by atoms with Crippen LogP contribution in [0.15, 0.2) is 24.3 Å². The lowest BCUT2D eigenvalue weighted by molar-refractivity contribution is -0.137. The second-order valence-corrected chi connectivity index (χ2v) is 5.11. The summed E-state index contributed by atoms with van der Waals surface area (Å²) in [5.41, 5.74) is 1.51. The molecular weight excluding hydrogens is 292 g/mol. The second-order valence-electron chi connectivity index (χ2n) is 3.96. The minimum Gasteiger partial charge on any atom is -0.481 e. The van der Waals surface area contributed by atoms with Gasteiger partial charge in [-0.2, -0.15) is 10.5 Å². The van der Waals surface area contributed by atoms with Gasteiger partial charge in [-0.1, -0.05) is 24.4 Å². The third-order valence-electron chi connectivity index (χ3n) is 2.27. The Hall–Kier alpha value is -1.89. The maximum atomic E-state index is 9.91. The Labute approximate surface area is 129 Å². The molecule has 104 valence electrons. The lowest BCUT2D eigenvalue weighted by atomic mass is 10.1. The van der Waals surface area contributed by atoms with Crippen molar-refractivity contribution < 1.29 is 9.90 Å². The predicted octanol–water partition coefficient (Wildman–Crippen LogP) is 3.17. The molecule has 1 unspecified atom stereocenters. The van der Waals surface area contributed by atoms with Crippen LogP contribution in [0, 0.1) is 28.6 Å². The molecule has 0 radical (unpaired) electrons. The van der Waals surface area contributed by atoms with E-state index in [1.54, 1.807) is 31.2 Å². The standard InChI is InChI=1S/C8H5NS2.C6H9NO2/c9-5-6-1-3-7(4-2-6)8(10)11;1-5(4-7)2-3-6(8)9/h1-4H,(H,10,11);5H,2-3H2,1H3,(H,8,9). The molecule has 1 rings (SSSR count). The number of thiol groups is 1. The Bertz CT molecular complexity index is 542. The highest BCUT2D eigenvalue weighted by Crippen LogP contribution is 2.06. The quantitative estimate of drug-likeness (QED) is 0.659. The van der Waals surface area contributed by atoms with Crippen LogP contribution in [0.2, 0.25) is 0 Å². The fourth-order valence-electron chi connectivity index (χ4n) is 1.09. The number of aliphatic carboxylic acids is 1. The van der Waals surface area contributed by atoms with Crippen molar-refractivity contribution in [3.05, 3.63) is 35.4 Å². The molecular formula is C14H14N2O2S2. The molecule has 0 amide bonds. The number of nitriles is 2. The van der Waals surface area contributed by atoms with Gasteiger partial charge in [0.25, 0.3) is 0 Å². The number of nitrogens with zero attached hydrogens (tertiary/aromatic N) is 2. The first-order valence-electron chi connectivity index (χ1n) is 5.75. The predicted molar refractivity (Wildman–Crippen MR) is 83.5 cm³/mol. The Kier molecular flexibility index (Phi) is 9.02. The van der Waals surface area contributed by atoms with Crippen molar-refractivity contribution in [3.8, 4) is 12.1 Å². The highest BCUT2D eigenvalue weighted by atomic mass is 32.1. The molecule has 1 atom stereocenters. The fourth-order valence-corrected chi connectivity index (χ4v) is 1.38. The molecule has 0 fully saturated rings. The van der Waals surface area contributed by atoms with Crippen molar-refractivity contribution in [1.29, 1.82) is 10.5 Å². The van der Waals surface area contributed by atoms with Crippen LogP contribution in [0.25, 0.3) is 0 Å². The summed E-state index contributed by atoms with van der Waals surface area (Å²) in [6.07, 6.45) is 0.542. The molecule has 0 saturated heterocycles. The van der Waals surface area contributed by atoms with E-state index in [0.717, 1.165) is 5.56 Å². The first-order valence-corrected chi connectivity index (χ1v) is 6.61. The average Bonchev–Trinajstić information content (AvgIpc) is 2.45. The van der Waals surface area contributed by atoms with Gasteiger partial charge in [0, 0.05) is 12.3 Å². The van der Waals surface area contributed by atoms with Gasteiger partial charge in [0.05, 0.1) is 21.9 Å². The highest BCUT2D eigenvalue weighted by Gasteiger charge is 2.02. The number of rotatable bonds is 4. The Morgan fingerprint density at radius 1 is 1.40 bits per heavy atom. The molecule has 0 bridgehead atoms. The minimum atomic E-state index is -0.836. The Morgan fingerprint density at radius 3 is 2.30 bits per heavy atom. The summed E-state index contributed by atoms with van der Waals surface area (Å²) >= 11 is 8.82. The van der Waals surface area contributed by atoms with E-state index in [0.29, 0.717) is 16.2 Å². The van der Waals surface area contributed by atoms with Crippen molar-refractivity contribution in [2.45, 2.75) is 19.8 Å². The van der Waals surface area contributed by atoms with E-state index >= 15 is 0 Å². The van der Waals surface area contributed by atoms with E-state index in [9.17, 15) is 4.79 Å². The van der Waals surface area contributed by atoms with Crippen molar-refractivity contribution >= 4 is 35.0 Å². The topological polar surface area (TPSA) is 84.9 Å². The van der Waals surface area contributed by atoms with E-state index in [-0.39, 0.29) is 12.3 Å². The molecule has 1 aromatic carbocycles. The maximum absolute atomic E-state index is 9.91. The van der Waals surface area contributed by atoms with Gasteiger partial charge in [0.15, 0.2) is 0 Å². The summed E-state index contributed by atoms with van der Waals surface area (Å²) in [5, 5.41) is 24.8. The van der Waals surface area contributed by atoms with Crippen LogP contribution < -0.4 is 0 Å². The van der Waals surface area contributed by atoms with E-state index in [4.69, 9.17) is 27.8 Å². The molecule has 0 saturated carbocycles. The smallest absolute Gasteiger partial charge is 0.303 e. The van der Waals surface area contributed by atoms with Crippen LogP contribution >= 0.6 is 24.8 Å². The first-order chi connectivity index (χ1) is 9.40. The molecule has 0 aliphatic heterocycles. The highest BCUT2D eigenvalue weighted by molar-refractivity contribution is 8.11. The molecule has 0 spiro atoms. The van der Waals surface area contributed by atoms with E-state index in [1.165, 1.54) is 0 Å². The molecule has 1 N–H and O–H groups in total.